The summed E-state index contributed by atoms with van der Waals surface area (Å²) in [5.74, 6) is 0.837. The maximum atomic E-state index is 6.08. The van der Waals surface area contributed by atoms with Crippen LogP contribution in [0.4, 0.5) is 0 Å². The number of nitrogens with two attached hydrogens (primary N) is 1. The van der Waals surface area contributed by atoms with Crippen LogP contribution in [0.5, 0.6) is 0 Å². The van der Waals surface area contributed by atoms with Gasteiger partial charge in [-0.2, -0.15) is 0 Å². The lowest BCUT2D eigenvalue weighted by Gasteiger charge is -2.50. The molecule has 0 aromatic heterocycles. The minimum Gasteiger partial charge on any atom is -0.330 e. The number of benzene rings is 1. The maximum Gasteiger partial charge on any atom is 0.0233 e. The number of hydrogen-bond acceptors (Lipinski definition) is 2. The first-order valence-electron chi connectivity index (χ1n) is 7.79. The van der Waals surface area contributed by atoms with Crippen molar-refractivity contribution in [3.8, 4) is 0 Å². The van der Waals surface area contributed by atoms with E-state index in [0.29, 0.717) is 5.41 Å². The molecule has 2 aliphatic rings. The van der Waals surface area contributed by atoms with Crippen molar-refractivity contribution >= 4 is 0 Å². The van der Waals surface area contributed by atoms with E-state index in [1.54, 1.807) is 0 Å². The van der Waals surface area contributed by atoms with Gasteiger partial charge in [-0.3, -0.25) is 4.90 Å². The monoisotopic (exact) mass is 258 g/mol. The zero-order valence-electron chi connectivity index (χ0n) is 11.9. The molecular formula is C17H26N2. The Morgan fingerprint density at radius 3 is 2.58 bits per heavy atom. The molecule has 2 nitrogen and oxygen atoms in total. The molecule has 1 aromatic rings. The molecule has 2 fully saturated rings. The van der Waals surface area contributed by atoms with E-state index in [4.69, 9.17) is 5.73 Å². The van der Waals surface area contributed by atoms with Crippen LogP contribution < -0.4 is 5.73 Å². The van der Waals surface area contributed by atoms with E-state index >= 15 is 0 Å². The van der Waals surface area contributed by atoms with Gasteiger partial charge < -0.3 is 5.73 Å². The van der Waals surface area contributed by atoms with Crippen LogP contribution >= 0.6 is 0 Å². The summed E-state index contributed by atoms with van der Waals surface area (Å²) in [4.78, 5) is 2.64. The van der Waals surface area contributed by atoms with Gasteiger partial charge in [0.15, 0.2) is 0 Å². The SMILES string of the molecule is NCC1(C2CCCN(Cc3ccccc3)C2)CCC1. The lowest BCUT2D eigenvalue weighted by Crippen LogP contribution is -2.50. The van der Waals surface area contributed by atoms with Crippen molar-refractivity contribution in [2.24, 2.45) is 17.1 Å². The fourth-order valence-electron chi connectivity index (χ4n) is 3.95. The normalized spacial score (nSPS) is 26.9. The molecule has 0 radical (unpaired) electrons. The second-order valence-electron chi connectivity index (χ2n) is 6.48. The molecule has 19 heavy (non-hydrogen) atoms. The Hall–Kier alpha value is -0.860. The van der Waals surface area contributed by atoms with Crippen molar-refractivity contribution in [1.29, 1.82) is 0 Å². The Morgan fingerprint density at radius 2 is 1.95 bits per heavy atom. The molecule has 1 heterocycles. The summed E-state index contributed by atoms with van der Waals surface area (Å²) in [7, 11) is 0. The van der Waals surface area contributed by atoms with Crippen molar-refractivity contribution in [3.63, 3.8) is 0 Å². The first kappa shape index (κ1) is 13.1. The second-order valence-corrected chi connectivity index (χ2v) is 6.48. The topological polar surface area (TPSA) is 29.3 Å². The largest absolute Gasteiger partial charge is 0.330 e. The highest BCUT2D eigenvalue weighted by molar-refractivity contribution is 5.14. The summed E-state index contributed by atoms with van der Waals surface area (Å²) < 4.78 is 0. The molecule has 2 heteroatoms. The summed E-state index contributed by atoms with van der Waals surface area (Å²) in [5, 5.41) is 0. The van der Waals surface area contributed by atoms with E-state index < -0.39 is 0 Å². The van der Waals surface area contributed by atoms with Crippen molar-refractivity contribution < 1.29 is 0 Å². The molecule has 2 N–H and O–H groups in total. The predicted molar refractivity (Wildman–Crippen MR) is 79.8 cm³/mol. The van der Waals surface area contributed by atoms with Gasteiger partial charge in [0.2, 0.25) is 0 Å². The summed E-state index contributed by atoms with van der Waals surface area (Å²) in [6, 6.07) is 10.9. The van der Waals surface area contributed by atoms with Gasteiger partial charge >= 0.3 is 0 Å². The van der Waals surface area contributed by atoms with Gasteiger partial charge in [-0.1, -0.05) is 36.8 Å². The van der Waals surface area contributed by atoms with Gasteiger partial charge in [0.05, 0.1) is 0 Å². The first-order chi connectivity index (χ1) is 9.32. The third-order valence-electron chi connectivity index (χ3n) is 5.38. The van der Waals surface area contributed by atoms with Crippen LogP contribution in [0, 0.1) is 11.3 Å². The minimum absolute atomic E-state index is 0.495. The Bertz CT molecular complexity index is 391. The summed E-state index contributed by atoms with van der Waals surface area (Å²) >= 11 is 0. The van der Waals surface area contributed by atoms with Crippen LogP contribution in [0.25, 0.3) is 0 Å². The molecule has 1 saturated heterocycles. The Morgan fingerprint density at radius 1 is 1.16 bits per heavy atom. The minimum atomic E-state index is 0.495. The van der Waals surface area contributed by atoms with Gasteiger partial charge in [-0.05, 0) is 55.7 Å². The number of likely N-dealkylation sites (tertiary alicyclic amines) is 1. The van der Waals surface area contributed by atoms with E-state index in [-0.39, 0.29) is 0 Å². The van der Waals surface area contributed by atoms with Crippen LogP contribution in [-0.4, -0.2) is 24.5 Å². The lowest BCUT2D eigenvalue weighted by atomic mass is 9.59. The molecule has 0 amide bonds. The van der Waals surface area contributed by atoms with E-state index in [0.717, 1.165) is 19.0 Å². The number of piperidine rings is 1. The molecule has 0 spiro atoms. The average molecular weight is 258 g/mol. The summed E-state index contributed by atoms with van der Waals surface area (Å²) in [6.45, 7) is 4.52. The Kier molecular flexibility index (Phi) is 3.90. The van der Waals surface area contributed by atoms with Crippen LogP contribution in [0.1, 0.15) is 37.7 Å². The zero-order chi connectivity index (χ0) is 13.1. The predicted octanol–water partition coefficient (Wildman–Crippen LogP) is 3.03. The third-order valence-corrected chi connectivity index (χ3v) is 5.38. The fourth-order valence-corrected chi connectivity index (χ4v) is 3.95. The highest BCUT2D eigenvalue weighted by atomic mass is 15.1. The number of nitrogens with zero attached hydrogens (tertiary/aromatic N) is 1. The number of rotatable bonds is 4. The lowest BCUT2D eigenvalue weighted by molar-refractivity contribution is 0.00503. The average Bonchev–Trinajstić information content (AvgIpc) is 2.40. The molecule has 1 aliphatic carbocycles. The Labute approximate surface area is 117 Å². The molecule has 0 bridgehead atoms. The molecule has 1 saturated carbocycles. The van der Waals surface area contributed by atoms with E-state index in [2.05, 4.69) is 35.2 Å². The smallest absolute Gasteiger partial charge is 0.0233 e. The van der Waals surface area contributed by atoms with Gasteiger partial charge in [-0.25, -0.2) is 0 Å². The van der Waals surface area contributed by atoms with Crippen LogP contribution in [0.3, 0.4) is 0 Å². The molecule has 104 valence electrons. The second kappa shape index (κ2) is 5.64. The van der Waals surface area contributed by atoms with E-state index in [1.165, 1.54) is 50.8 Å². The van der Waals surface area contributed by atoms with Crippen LogP contribution in [-0.2, 0) is 6.54 Å². The molecule has 3 rings (SSSR count). The molecule has 1 aliphatic heterocycles. The molecule has 1 aromatic carbocycles. The van der Waals surface area contributed by atoms with Crippen molar-refractivity contribution in [2.75, 3.05) is 19.6 Å². The molecular weight excluding hydrogens is 232 g/mol. The number of hydrogen-bond donors (Lipinski definition) is 1. The van der Waals surface area contributed by atoms with Crippen molar-refractivity contribution in [2.45, 2.75) is 38.6 Å². The molecule has 1 atom stereocenters. The van der Waals surface area contributed by atoms with Gasteiger partial charge in [0, 0.05) is 13.1 Å². The van der Waals surface area contributed by atoms with Crippen LogP contribution in [0.2, 0.25) is 0 Å². The van der Waals surface area contributed by atoms with Gasteiger partial charge in [0.1, 0.15) is 0 Å². The molecule has 1 unspecified atom stereocenters. The maximum absolute atomic E-state index is 6.08. The van der Waals surface area contributed by atoms with E-state index in [1.807, 2.05) is 0 Å². The van der Waals surface area contributed by atoms with Gasteiger partial charge in [-0.15, -0.1) is 0 Å². The Balaban J connectivity index is 1.62. The van der Waals surface area contributed by atoms with Gasteiger partial charge in [0.25, 0.3) is 0 Å². The first-order valence-corrected chi connectivity index (χ1v) is 7.79. The zero-order valence-corrected chi connectivity index (χ0v) is 11.9. The standard InChI is InChI=1S/C17H26N2/c18-14-17(9-5-10-17)16-8-4-11-19(13-16)12-15-6-2-1-3-7-15/h1-3,6-7,16H,4-5,8-14,18H2. The van der Waals surface area contributed by atoms with Crippen molar-refractivity contribution in [1.82, 2.24) is 4.90 Å². The highest BCUT2D eigenvalue weighted by Crippen LogP contribution is 2.49. The summed E-state index contributed by atoms with van der Waals surface area (Å²) in [5.41, 5.74) is 8.02. The highest BCUT2D eigenvalue weighted by Gasteiger charge is 2.43. The summed E-state index contributed by atoms with van der Waals surface area (Å²) in [6.07, 6.45) is 6.87. The van der Waals surface area contributed by atoms with Crippen molar-refractivity contribution in [3.05, 3.63) is 35.9 Å². The van der Waals surface area contributed by atoms with E-state index in [9.17, 15) is 0 Å². The quantitative estimate of drug-likeness (QED) is 0.899. The fraction of sp³-hybridized carbons (Fsp3) is 0.647. The van der Waals surface area contributed by atoms with Crippen LogP contribution in [0.15, 0.2) is 30.3 Å². The third kappa shape index (κ3) is 2.70.